The third kappa shape index (κ3) is 1.99. The summed E-state index contributed by atoms with van der Waals surface area (Å²) in [6.07, 6.45) is 0.874. The summed E-state index contributed by atoms with van der Waals surface area (Å²) in [6, 6.07) is 10.8. The molecule has 5 nitrogen and oxygen atoms in total. The molecule has 19 heavy (non-hydrogen) atoms. The summed E-state index contributed by atoms with van der Waals surface area (Å²) in [5.74, 6) is 1.36. The lowest BCUT2D eigenvalue weighted by atomic mass is 10.1. The number of hydrogen-bond acceptors (Lipinski definition) is 4. The maximum absolute atomic E-state index is 12.1. The number of pyridine rings is 1. The highest BCUT2D eigenvalue weighted by atomic mass is 16.5. The number of fused-ring (bicyclic) bond motifs is 1. The lowest BCUT2D eigenvalue weighted by Gasteiger charge is -2.26. The van der Waals surface area contributed by atoms with E-state index in [1.807, 2.05) is 18.2 Å². The molecule has 0 radical (unpaired) electrons. The zero-order chi connectivity index (χ0) is 13.2. The minimum absolute atomic E-state index is 0.254. The van der Waals surface area contributed by atoms with E-state index in [1.165, 1.54) is 0 Å². The van der Waals surface area contributed by atoms with Gasteiger partial charge >= 0.3 is 0 Å². The Labute approximate surface area is 110 Å². The van der Waals surface area contributed by atoms with Crippen molar-refractivity contribution in [2.24, 2.45) is 0 Å². The van der Waals surface area contributed by atoms with E-state index in [2.05, 4.69) is 10.3 Å². The molecule has 1 aromatic heterocycles. The van der Waals surface area contributed by atoms with Gasteiger partial charge in [0.25, 0.3) is 5.91 Å². The summed E-state index contributed by atoms with van der Waals surface area (Å²) >= 11 is 0. The first-order chi connectivity index (χ1) is 9.29. The van der Waals surface area contributed by atoms with Gasteiger partial charge in [0, 0.05) is 11.8 Å². The van der Waals surface area contributed by atoms with Crippen molar-refractivity contribution in [2.45, 2.75) is 6.10 Å². The molecule has 1 atom stereocenters. The van der Waals surface area contributed by atoms with Gasteiger partial charge in [0.05, 0.1) is 7.11 Å². The molecule has 96 valence electrons. The number of benzene rings is 1. The van der Waals surface area contributed by atoms with Gasteiger partial charge in [-0.05, 0) is 18.2 Å². The minimum atomic E-state index is -0.729. The van der Waals surface area contributed by atoms with Crippen molar-refractivity contribution in [2.75, 3.05) is 12.4 Å². The number of nitrogens with one attached hydrogen (secondary N) is 1. The van der Waals surface area contributed by atoms with Crippen molar-refractivity contribution in [3.05, 3.63) is 48.2 Å². The van der Waals surface area contributed by atoms with Crippen molar-refractivity contribution in [1.29, 1.82) is 0 Å². The summed E-state index contributed by atoms with van der Waals surface area (Å²) in [5.41, 5.74) is 0.692. The SMILES string of the molecule is COc1ccccc1C1Oc2cccnc2NC1=O. The van der Waals surface area contributed by atoms with Gasteiger partial charge in [-0.25, -0.2) is 4.98 Å². The maximum atomic E-state index is 12.1. The van der Waals surface area contributed by atoms with Crippen LogP contribution in [0.25, 0.3) is 0 Å². The van der Waals surface area contributed by atoms with Gasteiger partial charge in [0.2, 0.25) is 6.10 Å². The van der Waals surface area contributed by atoms with Crippen LogP contribution < -0.4 is 14.8 Å². The van der Waals surface area contributed by atoms with E-state index in [0.717, 1.165) is 0 Å². The standard InChI is InChI=1S/C14H12N2O3/c1-18-10-6-3-2-5-9(10)12-14(17)16-13-11(19-12)7-4-8-15-13/h2-8,12H,1H3,(H,15,16,17). The largest absolute Gasteiger partial charge is 0.496 e. The Bertz CT molecular complexity index is 628. The van der Waals surface area contributed by atoms with Gasteiger partial charge in [-0.15, -0.1) is 0 Å². The number of rotatable bonds is 2. The third-order valence-corrected chi connectivity index (χ3v) is 2.92. The van der Waals surface area contributed by atoms with Crippen molar-refractivity contribution >= 4 is 11.7 Å². The molecule has 1 aliphatic rings. The predicted octanol–water partition coefficient (Wildman–Crippen LogP) is 2.16. The van der Waals surface area contributed by atoms with Crippen molar-refractivity contribution in [3.8, 4) is 11.5 Å². The molecule has 2 heterocycles. The number of para-hydroxylation sites is 1. The molecule has 1 unspecified atom stereocenters. The number of amides is 1. The van der Waals surface area contributed by atoms with E-state index < -0.39 is 6.10 Å². The van der Waals surface area contributed by atoms with Gasteiger partial charge in [-0.3, -0.25) is 4.79 Å². The lowest BCUT2D eigenvalue weighted by Crippen LogP contribution is -2.30. The zero-order valence-electron chi connectivity index (χ0n) is 10.3. The van der Waals surface area contributed by atoms with Gasteiger partial charge < -0.3 is 14.8 Å². The molecule has 1 amide bonds. The van der Waals surface area contributed by atoms with Crippen LogP contribution >= 0.6 is 0 Å². The number of carbonyl (C=O) groups excluding carboxylic acids is 1. The summed E-state index contributed by atoms with van der Waals surface area (Å²) in [5, 5.41) is 2.73. The molecule has 0 fully saturated rings. The number of carbonyl (C=O) groups is 1. The molecule has 5 heteroatoms. The van der Waals surface area contributed by atoms with Crippen LogP contribution in [0.1, 0.15) is 11.7 Å². The minimum Gasteiger partial charge on any atom is -0.496 e. The summed E-state index contributed by atoms with van der Waals surface area (Å²) < 4.78 is 11.0. The predicted molar refractivity (Wildman–Crippen MR) is 69.2 cm³/mol. The maximum Gasteiger partial charge on any atom is 0.271 e. The first kappa shape index (κ1) is 11.5. The number of methoxy groups -OCH3 is 1. The molecule has 1 aliphatic heterocycles. The van der Waals surface area contributed by atoms with Crippen LogP contribution in [0.15, 0.2) is 42.6 Å². The molecule has 0 saturated carbocycles. The van der Waals surface area contributed by atoms with E-state index in [1.54, 1.807) is 31.5 Å². The van der Waals surface area contributed by atoms with Crippen molar-refractivity contribution in [3.63, 3.8) is 0 Å². The highest BCUT2D eigenvalue weighted by molar-refractivity contribution is 5.97. The molecular formula is C14H12N2O3. The Kier molecular flexibility index (Phi) is 2.79. The Morgan fingerprint density at radius 1 is 1.26 bits per heavy atom. The number of hydrogen-bond donors (Lipinski definition) is 1. The third-order valence-electron chi connectivity index (χ3n) is 2.92. The summed E-state index contributed by atoms with van der Waals surface area (Å²) in [7, 11) is 1.56. The highest BCUT2D eigenvalue weighted by Gasteiger charge is 2.31. The first-order valence-electron chi connectivity index (χ1n) is 5.85. The average Bonchev–Trinajstić information content (AvgIpc) is 2.46. The zero-order valence-corrected chi connectivity index (χ0v) is 10.3. The van der Waals surface area contributed by atoms with Gasteiger partial charge in [-0.1, -0.05) is 18.2 Å². The molecule has 2 aromatic rings. The summed E-state index contributed by atoms with van der Waals surface area (Å²) in [4.78, 5) is 16.1. The van der Waals surface area contributed by atoms with E-state index >= 15 is 0 Å². The lowest BCUT2D eigenvalue weighted by molar-refractivity contribution is -0.123. The number of ether oxygens (including phenoxy) is 2. The van der Waals surface area contributed by atoms with E-state index in [9.17, 15) is 4.79 Å². The van der Waals surface area contributed by atoms with Crippen LogP contribution in [0.4, 0.5) is 5.82 Å². The second-order valence-electron chi connectivity index (χ2n) is 4.08. The average molecular weight is 256 g/mol. The van der Waals surface area contributed by atoms with E-state index in [0.29, 0.717) is 22.9 Å². The monoisotopic (exact) mass is 256 g/mol. The second-order valence-corrected chi connectivity index (χ2v) is 4.08. The van der Waals surface area contributed by atoms with Gasteiger partial charge in [0.15, 0.2) is 11.6 Å². The first-order valence-corrected chi connectivity index (χ1v) is 5.85. The molecule has 1 N–H and O–H groups in total. The van der Waals surface area contributed by atoms with Crippen LogP contribution in [-0.4, -0.2) is 18.0 Å². The number of nitrogens with zero attached hydrogens (tertiary/aromatic N) is 1. The van der Waals surface area contributed by atoms with Crippen molar-refractivity contribution in [1.82, 2.24) is 4.98 Å². The van der Waals surface area contributed by atoms with E-state index in [-0.39, 0.29) is 5.91 Å². The molecule has 1 aromatic carbocycles. The Morgan fingerprint density at radius 2 is 2.11 bits per heavy atom. The smallest absolute Gasteiger partial charge is 0.271 e. The summed E-state index contributed by atoms with van der Waals surface area (Å²) in [6.45, 7) is 0. The van der Waals surface area contributed by atoms with Gasteiger partial charge in [0.1, 0.15) is 5.75 Å². The van der Waals surface area contributed by atoms with Crippen LogP contribution in [0.2, 0.25) is 0 Å². The molecular weight excluding hydrogens is 244 g/mol. The Balaban J connectivity index is 2.01. The number of anilines is 1. The molecule has 0 spiro atoms. The number of aromatic nitrogens is 1. The van der Waals surface area contributed by atoms with Crippen LogP contribution in [0, 0.1) is 0 Å². The van der Waals surface area contributed by atoms with Crippen molar-refractivity contribution < 1.29 is 14.3 Å². The second kappa shape index (κ2) is 4.61. The van der Waals surface area contributed by atoms with Crippen LogP contribution in [-0.2, 0) is 4.79 Å². The molecule has 0 bridgehead atoms. The molecule has 0 aliphatic carbocycles. The van der Waals surface area contributed by atoms with Crippen LogP contribution in [0.3, 0.4) is 0 Å². The quantitative estimate of drug-likeness (QED) is 0.894. The van der Waals surface area contributed by atoms with Gasteiger partial charge in [-0.2, -0.15) is 0 Å². The van der Waals surface area contributed by atoms with Crippen LogP contribution in [0.5, 0.6) is 11.5 Å². The van der Waals surface area contributed by atoms with E-state index in [4.69, 9.17) is 9.47 Å². The topological polar surface area (TPSA) is 60.5 Å². The Morgan fingerprint density at radius 3 is 2.95 bits per heavy atom. The normalized spacial score (nSPS) is 17.1. The fourth-order valence-electron chi connectivity index (χ4n) is 2.03. The fraction of sp³-hybridized carbons (Fsp3) is 0.143. The molecule has 0 saturated heterocycles. The molecule has 3 rings (SSSR count). The highest BCUT2D eigenvalue weighted by Crippen LogP contribution is 2.36. The Hall–Kier alpha value is -2.56. The fourth-order valence-corrected chi connectivity index (χ4v) is 2.03.